The SMILES string of the molecule is CC1(C)COC(=O)[C@@H]1OC(=O)[C@@H](c1ccc(F)cc1)N1C(=O)c2ccccc2C1=O. The zero-order chi connectivity index (χ0) is 21.6. The minimum absolute atomic E-state index is 0.0675. The Bertz CT molecular complexity index is 1030. The molecule has 2 amide bonds. The number of cyclic esters (lactones) is 1. The lowest BCUT2D eigenvalue weighted by molar-refractivity contribution is -0.166. The van der Waals surface area contributed by atoms with Crippen LogP contribution in [0.2, 0.25) is 0 Å². The van der Waals surface area contributed by atoms with Gasteiger partial charge >= 0.3 is 11.9 Å². The molecule has 30 heavy (non-hydrogen) atoms. The minimum atomic E-state index is -1.48. The van der Waals surface area contributed by atoms with Gasteiger partial charge in [0.25, 0.3) is 11.8 Å². The van der Waals surface area contributed by atoms with E-state index in [9.17, 15) is 23.6 Å². The second kappa shape index (κ2) is 7.05. The van der Waals surface area contributed by atoms with Crippen LogP contribution in [0.4, 0.5) is 4.39 Å². The minimum Gasteiger partial charge on any atom is -0.462 e. The van der Waals surface area contributed by atoms with E-state index in [1.165, 1.54) is 24.3 Å². The van der Waals surface area contributed by atoms with Crippen molar-refractivity contribution in [3.8, 4) is 0 Å². The summed E-state index contributed by atoms with van der Waals surface area (Å²) in [7, 11) is 0. The molecule has 1 saturated heterocycles. The zero-order valence-electron chi connectivity index (χ0n) is 16.3. The highest BCUT2D eigenvalue weighted by atomic mass is 19.1. The summed E-state index contributed by atoms with van der Waals surface area (Å²) >= 11 is 0. The molecule has 1 fully saturated rings. The van der Waals surface area contributed by atoms with Gasteiger partial charge in [0.15, 0.2) is 6.04 Å². The number of hydrogen-bond donors (Lipinski definition) is 0. The Morgan fingerprint density at radius 3 is 2.13 bits per heavy atom. The van der Waals surface area contributed by atoms with Crippen LogP contribution in [-0.2, 0) is 19.1 Å². The third-order valence-electron chi connectivity index (χ3n) is 5.24. The molecule has 4 rings (SSSR count). The van der Waals surface area contributed by atoms with Gasteiger partial charge in [0, 0.05) is 5.41 Å². The van der Waals surface area contributed by atoms with Gasteiger partial charge in [0.2, 0.25) is 6.10 Å². The Kier molecular flexibility index (Phi) is 4.64. The number of carbonyl (C=O) groups is 4. The molecule has 2 aliphatic heterocycles. The predicted octanol–water partition coefficient (Wildman–Crippen LogP) is 2.66. The van der Waals surface area contributed by atoms with Gasteiger partial charge in [-0.25, -0.2) is 14.0 Å². The van der Waals surface area contributed by atoms with Crippen LogP contribution in [-0.4, -0.2) is 41.4 Å². The van der Waals surface area contributed by atoms with Crippen LogP contribution in [0.3, 0.4) is 0 Å². The number of carbonyl (C=O) groups excluding carboxylic acids is 4. The molecule has 0 spiro atoms. The topological polar surface area (TPSA) is 90.0 Å². The van der Waals surface area contributed by atoms with E-state index in [4.69, 9.17) is 9.47 Å². The molecular weight excluding hydrogens is 393 g/mol. The Morgan fingerprint density at radius 1 is 1.07 bits per heavy atom. The molecule has 0 aromatic heterocycles. The lowest BCUT2D eigenvalue weighted by Gasteiger charge is -2.28. The average molecular weight is 411 g/mol. The van der Waals surface area contributed by atoms with Gasteiger partial charge in [-0.3, -0.25) is 14.5 Å². The lowest BCUT2D eigenvalue weighted by Crippen LogP contribution is -2.43. The number of hydrogen-bond acceptors (Lipinski definition) is 6. The van der Waals surface area contributed by atoms with E-state index in [-0.39, 0.29) is 23.3 Å². The Morgan fingerprint density at radius 2 is 1.63 bits per heavy atom. The highest BCUT2D eigenvalue weighted by Crippen LogP contribution is 2.36. The van der Waals surface area contributed by atoms with Crippen molar-refractivity contribution in [2.45, 2.75) is 26.0 Å². The molecule has 7 nitrogen and oxygen atoms in total. The van der Waals surface area contributed by atoms with Gasteiger partial charge in [0.1, 0.15) is 12.4 Å². The third kappa shape index (κ3) is 3.14. The molecule has 2 heterocycles. The van der Waals surface area contributed by atoms with Crippen LogP contribution >= 0.6 is 0 Å². The molecule has 2 aliphatic rings. The average Bonchev–Trinajstić information content (AvgIpc) is 3.12. The quantitative estimate of drug-likeness (QED) is 0.568. The Labute approximate surface area is 171 Å². The molecule has 2 atom stereocenters. The summed E-state index contributed by atoms with van der Waals surface area (Å²) in [6, 6.07) is 9.52. The maximum atomic E-state index is 13.5. The first-order valence-corrected chi connectivity index (χ1v) is 9.30. The lowest BCUT2D eigenvalue weighted by atomic mass is 9.89. The second-order valence-electron chi connectivity index (χ2n) is 7.89. The number of benzene rings is 2. The maximum absolute atomic E-state index is 13.5. The van der Waals surface area contributed by atoms with Gasteiger partial charge < -0.3 is 9.47 Å². The number of rotatable bonds is 4. The number of fused-ring (bicyclic) bond motifs is 1. The van der Waals surface area contributed by atoms with E-state index < -0.39 is 47.1 Å². The fourth-order valence-electron chi connectivity index (χ4n) is 3.59. The fourth-order valence-corrected chi connectivity index (χ4v) is 3.59. The van der Waals surface area contributed by atoms with Crippen LogP contribution in [0.25, 0.3) is 0 Å². The first-order chi connectivity index (χ1) is 14.2. The van der Waals surface area contributed by atoms with Gasteiger partial charge in [-0.2, -0.15) is 0 Å². The van der Waals surface area contributed by atoms with E-state index in [2.05, 4.69) is 0 Å². The van der Waals surface area contributed by atoms with Crippen molar-refractivity contribution in [2.24, 2.45) is 5.41 Å². The summed E-state index contributed by atoms with van der Waals surface area (Å²) < 4.78 is 23.9. The fraction of sp³-hybridized carbons (Fsp3) is 0.273. The molecule has 8 heteroatoms. The van der Waals surface area contributed by atoms with Gasteiger partial charge in [-0.15, -0.1) is 0 Å². The number of nitrogens with zero attached hydrogens (tertiary/aromatic N) is 1. The van der Waals surface area contributed by atoms with Crippen LogP contribution in [0.5, 0.6) is 0 Å². The largest absolute Gasteiger partial charge is 0.462 e. The van der Waals surface area contributed by atoms with E-state index in [0.717, 1.165) is 17.0 Å². The monoisotopic (exact) mass is 411 g/mol. The standard InChI is InChI=1S/C22H18FNO6/c1-22(2)11-29-21(28)17(22)30-20(27)16(12-7-9-13(23)10-8-12)24-18(25)14-5-3-4-6-15(14)19(24)26/h3-10,16-17H,11H2,1-2H3/t16-,17+/m1/s1. The Hall–Kier alpha value is -3.55. The first-order valence-electron chi connectivity index (χ1n) is 9.30. The normalized spacial score (nSPS) is 20.7. The van der Waals surface area contributed by atoms with Crippen molar-refractivity contribution in [3.05, 3.63) is 71.0 Å². The van der Waals surface area contributed by atoms with Crippen molar-refractivity contribution in [1.29, 1.82) is 0 Å². The molecule has 154 valence electrons. The van der Waals surface area contributed by atoms with Crippen molar-refractivity contribution in [3.63, 3.8) is 0 Å². The van der Waals surface area contributed by atoms with E-state index in [0.29, 0.717) is 0 Å². The summed E-state index contributed by atoms with van der Waals surface area (Å²) in [4.78, 5) is 51.9. The second-order valence-corrected chi connectivity index (χ2v) is 7.89. The third-order valence-corrected chi connectivity index (χ3v) is 5.24. The highest BCUT2D eigenvalue weighted by molar-refractivity contribution is 6.22. The number of imide groups is 1. The molecule has 2 aromatic carbocycles. The van der Waals surface area contributed by atoms with E-state index in [1.54, 1.807) is 26.0 Å². The first kappa shape index (κ1) is 19.8. The van der Waals surface area contributed by atoms with E-state index >= 15 is 0 Å². The molecular formula is C22H18FNO6. The van der Waals surface area contributed by atoms with Crippen LogP contribution < -0.4 is 0 Å². The highest BCUT2D eigenvalue weighted by Gasteiger charge is 2.50. The summed E-state index contributed by atoms with van der Waals surface area (Å²) in [6.07, 6.45) is -1.19. The summed E-state index contributed by atoms with van der Waals surface area (Å²) in [5.41, 5.74) is -0.284. The maximum Gasteiger partial charge on any atom is 0.348 e. The molecule has 0 N–H and O–H groups in total. The Balaban J connectivity index is 1.74. The molecule has 0 radical (unpaired) electrons. The van der Waals surface area contributed by atoms with Crippen LogP contribution in [0, 0.1) is 11.2 Å². The summed E-state index contributed by atoms with van der Waals surface area (Å²) in [5, 5.41) is 0. The molecule has 2 aromatic rings. The van der Waals surface area contributed by atoms with Gasteiger partial charge in [-0.1, -0.05) is 38.1 Å². The van der Waals surface area contributed by atoms with Crippen molar-refractivity contribution in [1.82, 2.24) is 4.90 Å². The van der Waals surface area contributed by atoms with Crippen molar-refractivity contribution >= 4 is 23.8 Å². The van der Waals surface area contributed by atoms with Crippen LogP contribution in [0.15, 0.2) is 48.5 Å². The zero-order valence-corrected chi connectivity index (χ0v) is 16.3. The molecule has 0 unspecified atom stereocenters. The molecule has 0 bridgehead atoms. The summed E-state index contributed by atoms with van der Waals surface area (Å²) in [5.74, 6) is -3.57. The molecule has 0 saturated carbocycles. The van der Waals surface area contributed by atoms with Crippen molar-refractivity contribution in [2.75, 3.05) is 6.61 Å². The van der Waals surface area contributed by atoms with Gasteiger partial charge in [0.05, 0.1) is 11.1 Å². The van der Waals surface area contributed by atoms with Crippen LogP contribution in [0.1, 0.15) is 46.2 Å². The smallest absolute Gasteiger partial charge is 0.348 e. The predicted molar refractivity (Wildman–Crippen MR) is 101 cm³/mol. The number of ether oxygens (including phenoxy) is 2. The van der Waals surface area contributed by atoms with Gasteiger partial charge in [-0.05, 0) is 29.8 Å². The number of halogens is 1. The molecule has 0 aliphatic carbocycles. The number of amides is 2. The number of esters is 2. The summed E-state index contributed by atoms with van der Waals surface area (Å²) in [6.45, 7) is 3.47. The van der Waals surface area contributed by atoms with E-state index in [1.807, 2.05) is 0 Å². The van der Waals surface area contributed by atoms with Crippen molar-refractivity contribution < 1.29 is 33.0 Å².